The number of methoxy groups -OCH3 is 1. The smallest absolute Gasteiger partial charge is 0.258 e. The summed E-state index contributed by atoms with van der Waals surface area (Å²) < 4.78 is 11.0. The van der Waals surface area contributed by atoms with E-state index in [0.717, 1.165) is 5.56 Å². The van der Waals surface area contributed by atoms with E-state index in [1.165, 1.54) is 25.7 Å². The number of allylic oxidation sites excluding steroid dienone is 1. The van der Waals surface area contributed by atoms with E-state index >= 15 is 0 Å². The van der Waals surface area contributed by atoms with Crippen molar-refractivity contribution in [3.63, 3.8) is 0 Å². The fourth-order valence-electron chi connectivity index (χ4n) is 3.00. The molecule has 0 bridgehead atoms. The predicted octanol–water partition coefficient (Wildman–Crippen LogP) is 3.41. The number of ether oxygens (including phenoxy) is 2. The zero-order valence-electron chi connectivity index (χ0n) is 13.9. The molecule has 124 valence electrons. The molecular weight excluding hydrogens is 290 g/mol. The number of rotatable bonds is 8. The fourth-order valence-corrected chi connectivity index (χ4v) is 3.00. The molecule has 3 rings (SSSR count). The molecule has 0 spiro atoms. The van der Waals surface area contributed by atoms with Gasteiger partial charge in [-0.3, -0.25) is 4.79 Å². The van der Waals surface area contributed by atoms with Crippen LogP contribution in [0.1, 0.15) is 38.2 Å². The van der Waals surface area contributed by atoms with Gasteiger partial charge in [0.15, 0.2) is 18.1 Å². The van der Waals surface area contributed by atoms with Gasteiger partial charge in [-0.2, -0.15) is 0 Å². The van der Waals surface area contributed by atoms with Crippen molar-refractivity contribution in [2.24, 2.45) is 11.8 Å². The molecule has 4 nitrogen and oxygen atoms in total. The van der Waals surface area contributed by atoms with E-state index in [1.807, 2.05) is 37.3 Å². The Labute approximate surface area is 137 Å². The summed E-state index contributed by atoms with van der Waals surface area (Å²) in [5.41, 5.74) is 1.05. The second-order valence-electron chi connectivity index (χ2n) is 6.47. The van der Waals surface area contributed by atoms with Crippen molar-refractivity contribution in [3.05, 3.63) is 29.8 Å². The van der Waals surface area contributed by atoms with Crippen molar-refractivity contribution in [3.8, 4) is 11.5 Å². The highest BCUT2D eigenvalue weighted by Gasteiger charge is 2.42. The normalized spacial score (nSPS) is 17.5. The second-order valence-corrected chi connectivity index (χ2v) is 6.47. The Kier molecular flexibility index (Phi) is 4.89. The van der Waals surface area contributed by atoms with Gasteiger partial charge in [0.05, 0.1) is 7.11 Å². The molecule has 0 unspecified atom stereocenters. The van der Waals surface area contributed by atoms with Gasteiger partial charge in [0.25, 0.3) is 5.91 Å². The average molecular weight is 315 g/mol. The van der Waals surface area contributed by atoms with Crippen LogP contribution in [-0.4, -0.2) is 25.7 Å². The van der Waals surface area contributed by atoms with Gasteiger partial charge in [-0.15, -0.1) is 0 Å². The molecule has 4 heteroatoms. The molecule has 2 saturated carbocycles. The third kappa shape index (κ3) is 4.27. The van der Waals surface area contributed by atoms with E-state index in [9.17, 15) is 4.79 Å². The minimum Gasteiger partial charge on any atom is -0.493 e. The Bertz CT molecular complexity index is 576. The van der Waals surface area contributed by atoms with Crippen molar-refractivity contribution in [2.45, 2.75) is 38.6 Å². The number of carbonyl (C=O) groups is 1. The first-order chi connectivity index (χ1) is 11.2. The maximum Gasteiger partial charge on any atom is 0.258 e. The maximum absolute atomic E-state index is 12.2. The van der Waals surface area contributed by atoms with Gasteiger partial charge in [0, 0.05) is 6.04 Å². The lowest BCUT2D eigenvalue weighted by Gasteiger charge is -2.18. The summed E-state index contributed by atoms with van der Waals surface area (Å²) in [6, 6.07) is 6.07. The first-order valence-electron chi connectivity index (χ1n) is 8.44. The van der Waals surface area contributed by atoms with Crippen molar-refractivity contribution in [1.29, 1.82) is 0 Å². The van der Waals surface area contributed by atoms with Crippen molar-refractivity contribution < 1.29 is 14.3 Å². The molecule has 0 radical (unpaired) electrons. The minimum absolute atomic E-state index is 0.0339. The van der Waals surface area contributed by atoms with Crippen LogP contribution in [0.15, 0.2) is 24.3 Å². The molecule has 23 heavy (non-hydrogen) atoms. The van der Waals surface area contributed by atoms with Gasteiger partial charge in [0.1, 0.15) is 0 Å². The zero-order valence-corrected chi connectivity index (χ0v) is 13.9. The van der Waals surface area contributed by atoms with Crippen LogP contribution in [0.25, 0.3) is 6.08 Å². The van der Waals surface area contributed by atoms with Crippen molar-refractivity contribution >= 4 is 12.0 Å². The standard InChI is InChI=1S/C19H25NO3/c1-3-4-13-5-10-16(17(11-13)22-2)23-12-18(21)20-19(14-6-7-14)15-8-9-15/h3-5,10-11,14-15,19H,6-9,12H2,1-2H3,(H,20,21). The third-order valence-corrected chi connectivity index (χ3v) is 4.49. The highest BCUT2D eigenvalue weighted by molar-refractivity contribution is 5.78. The molecule has 2 aliphatic rings. The van der Waals surface area contributed by atoms with Crippen molar-refractivity contribution in [1.82, 2.24) is 5.32 Å². The van der Waals surface area contributed by atoms with Crippen LogP contribution in [0, 0.1) is 11.8 Å². The first kappa shape index (κ1) is 15.9. The Morgan fingerprint density at radius 1 is 1.26 bits per heavy atom. The minimum atomic E-state index is -0.0339. The van der Waals surface area contributed by atoms with Crippen molar-refractivity contribution in [2.75, 3.05) is 13.7 Å². The van der Waals surface area contributed by atoms with Crippen LogP contribution >= 0.6 is 0 Å². The van der Waals surface area contributed by atoms with Crippen LogP contribution in [0.2, 0.25) is 0 Å². The second kappa shape index (κ2) is 7.07. The van der Waals surface area contributed by atoms with Gasteiger partial charge in [-0.1, -0.05) is 18.2 Å². The number of benzene rings is 1. The number of hydrogen-bond acceptors (Lipinski definition) is 3. The Morgan fingerprint density at radius 3 is 2.52 bits per heavy atom. The Morgan fingerprint density at radius 2 is 1.96 bits per heavy atom. The lowest BCUT2D eigenvalue weighted by Crippen LogP contribution is -2.40. The van der Waals surface area contributed by atoms with Gasteiger partial charge in [-0.05, 0) is 62.1 Å². The topological polar surface area (TPSA) is 47.6 Å². The average Bonchev–Trinajstić information content (AvgIpc) is 3.44. The SMILES string of the molecule is CC=Cc1ccc(OCC(=O)NC(C2CC2)C2CC2)c(OC)c1. The number of hydrogen-bond donors (Lipinski definition) is 1. The summed E-state index contributed by atoms with van der Waals surface area (Å²) in [6.45, 7) is 2.01. The Hall–Kier alpha value is -1.97. The van der Waals surface area contributed by atoms with Gasteiger partial charge >= 0.3 is 0 Å². The summed E-state index contributed by atoms with van der Waals surface area (Å²) in [4.78, 5) is 12.2. The van der Waals surface area contributed by atoms with Gasteiger partial charge in [-0.25, -0.2) is 0 Å². The maximum atomic E-state index is 12.2. The predicted molar refractivity (Wildman–Crippen MR) is 90.6 cm³/mol. The van der Waals surface area contributed by atoms with E-state index in [1.54, 1.807) is 7.11 Å². The molecule has 1 amide bonds. The zero-order chi connectivity index (χ0) is 16.2. The van der Waals surface area contributed by atoms with Gasteiger partial charge < -0.3 is 14.8 Å². The lowest BCUT2D eigenvalue weighted by molar-refractivity contribution is -0.124. The number of nitrogens with one attached hydrogen (secondary N) is 1. The molecule has 2 aliphatic carbocycles. The molecule has 1 aromatic carbocycles. The summed E-state index contributed by atoms with van der Waals surface area (Å²) >= 11 is 0. The molecule has 0 aliphatic heterocycles. The third-order valence-electron chi connectivity index (χ3n) is 4.49. The molecule has 1 N–H and O–H groups in total. The van der Waals surface area contributed by atoms with E-state index in [2.05, 4.69) is 5.32 Å². The Balaban J connectivity index is 1.55. The molecule has 0 heterocycles. The van der Waals surface area contributed by atoms with E-state index < -0.39 is 0 Å². The van der Waals surface area contributed by atoms with Crippen LogP contribution in [0.3, 0.4) is 0 Å². The largest absolute Gasteiger partial charge is 0.493 e. The highest BCUT2D eigenvalue weighted by Crippen LogP contribution is 2.44. The van der Waals surface area contributed by atoms with E-state index in [0.29, 0.717) is 29.4 Å². The molecule has 0 aromatic heterocycles. The van der Waals surface area contributed by atoms with Gasteiger partial charge in [0.2, 0.25) is 0 Å². The fraction of sp³-hybridized carbons (Fsp3) is 0.526. The molecule has 1 aromatic rings. The number of carbonyl (C=O) groups excluding carboxylic acids is 1. The molecule has 0 saturated heterocycles. The van der Waals surface area contributed by atoms with Crippen LogP contribution in [0.5, 0.6) is 11.5 Å². The van der Waals surface area contributed by atoms with Crippen LogP contribution in [-0.2, 0) is 4.79 Å². The summed E-state index contributed by atoms with van der Waals surface area (Å²) in [7, 11) is 1.61. The van der Waals surface area contributed by atoms with Crippen LogP contribution in [0.4, 0.5) is 0 Å². The highest BCUT2D eigenvalue weighted by atomic mass is 16.5. The summed E-state index contributed by atoms with van der Waals surface area (Å²) in [5, 5.41) is 3.16. The molecular formula is C19H25NO3. The van der Waals surface area contributed by atoms with E-state index in [4.69, 9.17) is 9.47 Å². The van der Waals surface area contributed by atoms with E-state index in [-0.39, 0.29) is 12.5 Å². The summed E-state index contributed by atoms with van der Waals surface area (Å²) in [6.07, 6.45) is 8.98. The lowest BCUT2D eigenvalue weighted by atomic mass is 10.1. The number of amides is 1. The molecule has 0 atom stereocenters. The molecule has 2 fully saturated rings. The summed E-state index contributed by atoms with van der Waals surface area (Å²) in [5.74, 6) is 2.61. The first-order valence-corrected chi connectivity index (χ1v) is 8.44. The monoisotopic (exact) mass is 315 g/mol. The quantitative estimate of drug-likeness (QED) is 0.799. The van der Waals surface area contributed by atoms with Crippen LogP contribution < -0.4 is 14.8 Å².